The third-order valence-corrected chi connectivity index (χ3v) is 3.51. The summed E-state index contributed by atoms with van der Waals surface area (Å²) in [6.07, 6.45) is 7.41. The quantitative estimate of drug-likeness (QED) is 0.803. The zero-order valence-corrected chi connectivity index (χ0v) is 10.3. The molecule has 1 fully saturated rings. The second-order valence-corrected chi connectivity index (χ2v) is 4.79. The minimum atomic E-state index is -0.621. The number of carbonyl (C=O) groups excluding carboxylic acids is 1. The van der Waals surface area contributed by atoms with Gasteiger partial charge >= 0.3 is 0 Å². The lowest BCUT2D eigenvalue weighted by Gasteiger charge is -2.22. The van der Waals surface area contributed by atoms with E-state index in [4.69, 9.17) is 5.73 Å². The van der Waals surface area contributed by atoms with Gasteiger partial charge in [0.05, 0.1) is 5.54 Å². The van der Waals surface area contributed by atoms with Crippen molar-refractivity contribution >= 4 is 5.91 Å². The summed E-state index contributed by atoms with van der Waals surface area (Å²) in [5.41, 5.74) is 5.44. The molecule has 1 heterocycles. The molecule has 1 saturated carbocycles. The van der Waals surface area contributed by atoms with Crippen molar-refractivity contribution in [3.05, 3.63) is 18.2 Å². The Hall–Kier alpha value is -1.36. The summed E-state index contributed by atoms with van der Waals surface area (Å²) in [6, 6.07) is 0. The summed E-state index contributed by atoms with van der Waals surface area (Å²) in [4.78, 5) is 16.1. The van der Waals surface area contributed by atoms with E-state index < -0.39 is 5.54 Å². The van der Waals surface area contributed by atoms with E-state index in [2.05, 4.69) is 10.3 Å². The highest BCUT2D eigenvalue weighted by atomic mass is 16.2. The molecule has 1 aliphatic carbocycles. The summed E-state index contributed by atoms with van der Waals surface area (Å²) in [5, 5.41) is 2.92. The predicted molar refractivity (Wildman–Crippen MR) is 65.4 cm³/mol. The van der Waals surface area contributed by atoms with Crippen LogP contribution in [0.15, 0.2) is 12.4 Å². The number of aryl methyl sites for hydroxylation is 1. The Morgan fingerprint density at radius 1 is 1.59 bits per heavy atom. The second-order valence-electron chi connectivity index (χ2n) is 4.79. The van der Waals surface area contributed by atoms with Gasteiger partial charge < -0.3 is 15.6 Å². The number of rotatable bonds is 4. The van der Waals surface area contributed by atoms with Gasteiger partial charge in [0.15, 0.2) is 0 Å². The van der Waals surface area contributed by atoms with Crippen molar-refractivity contribution in [2.24, 2.45) is 5.73 Å². The predicted octanol–water partition coefficient (Wildman–Crippen LogP) is 0.579. The monoisotopic (exact) mass is 236 g/mol. The first kappa shape index (κ1) is 12.1. The first-order chi connectivity index (χ1) is 8.12. The number of hydrogen-bond donors (Lipinski definition) is 2. The van der Waals surface area contributed by atoms with Gasteiger partial charge in [-0.15, -0.1) is 0 Å². The topological polar surface area (TPSA) is 72.9 Å². The number of nitrogens with one attached hydrogen (secondary N) is 1. The smallest absolute Gasteiger partial charge is 0.240 e. The maximum atomic E-state index is 11.9. The molecule has 0 saturated heterocycles. The molecule has 0 atom stereocenters. The van der Waals surface area contributed by atoms with Crippen LogP contribution in [-0.4, -0.2) is 27.5 Å². The van der Waals surface area contributed by atoms with Crippen LogP contribution in [0.5, 0.6) is 0 Å². The van der Waals surface area contributed by atoms with Crippen LogP contribution in [0.3, 0.4) is 0 Å². The minimum Gasteiger partial charge on any atom is -0.353 e. The lowest BCUT2D eigenvalue weighted by atomic mass is 9.98. The third kappa shape index (κ3) is 2.66. The van der Waals surface area contributed by atoms with E-state index in [0.717, 1.165) is 38.1 Å². The van der Waals surface area contributed by atoms with Crippen molar-refractivity contribution in [3.63, 3.8) is 0 Å². The number of amides is 1. The summed E-state index contributed by atoms with van der Waals surface area (Å²) in [7, 11) is 0. The molecule has 1 aromatic heterocycles. The lowest BCUT2D eigenvalue weighted by Crippen LogP contribution is -2.52. The Morgan fingerprint density at radius 2 is 2.29 bits per heavy atom. The molecule has 94 valence electrons. The molecule has 0 radical (unpaired) electrons. The zero-order chi connectivity index (χ0) is 12.3. The molecule has 0 unspecified atom stereocenters. The number of imidazole rings is 1. The number of aromatic nitrogens is 2. The van der Waals surface area contributed by atoms with Crippen LogP contribution in [0, 0.1) is 6.92 Å². The molecule has 5 nitrogen and oxygen atoms in total. The number of nitrogens with two attached hydrogens (primary N) is 1. The lowest BCUT2D eigenvalue weighted by molar-refractivity contribution is -0.126. The normalized spacial score (nSPS) is 18.2. The second kappa shape index (κ2) is 4.87. The molecule has 0 bridgehead atoms. The van der Waals surface area contributed by atoms with Crippen molar-refractivity contribution < 1.29 is 4.79 Å². The van der Waals surface area contributed by atoms with E-state index in [1.54, 1.807) is 6.20 Å². The van der Waals surface area contributed by atoms with Gasteiger partial charge in [0.2, 0.25) is 5.91 Å². The van der Waals surface area contributed by atoms with Crippen molar-refractivity contribution in [1.29, 1.82) is 0 Å². The molecular formula is C12H20N4O. The first-order valence-corrected chi connectivity index (χ1v) is 6.17. The average Bonchev–Trinajstić information content (AvgIpc) is 2.89. The summed E-state index contributed by atoms with van der Waals surface area (Å²) in [5.74, 6) is 0.954. The van der Waals surface area contributed by atoms with Gasteiger partial charge in [-0.1, -0.05) is 12.8 Å². The van der Waals surface area contributed by atoms with Crippen LogP contribution in [0.2, 0.25) is 0 Å². The maximum Gasteiger partial charge on any atom is 0.240 e. The van der Waals surface area contributed by atoms with E-state index in [1.807, 2.05) is 17.7 Å². The molecule has 17 heavy (non-hydrogen) atoms. The molecule has 0 aliphatic heterocycles. The molecular weight excluding hydrogens is 216 g/mol. The van der Waals surface area contributed by atoms with Gasteiger partial charge in [-0.2, -0.15) is 0 Å². The largest absolute Gasteiger partial charge is 0.353 e. The van der Waals surface area contributed by atoms with Gasteiger partial charge in [-0.3, -0.25) is 4.79 Å². The van der Waals surface area contributed by atoms with E-state index in [9.17, 15) is 4.79 Å². The van der Waals surface area contributed by atoms with Gasteiger partial charge in [-0.05, 0) is 19.8 Å². The Balaban J connectivity index is 1.79. The van der Waals surface area contributed by atoms with Crippen molar-refractivity contribution in [3.8, 4) is 0 Å². The van der Waals surface area contributed by atoms with Gasteiger partial charge in [0.1, 0.15) is 5.82 Å². The number of hydrogen-bond acceptors (Lipinski definition) is 3. The highest BCUT2D eigenvalue weighted by Crippen LogP contribution is 2.27. The number of carbonyl (C=O) groups is 1. The first-order valence-electron chi connectivity index (χ1n) is 6.17. The SMILES string of the molecule is Cc1nccn1CCNC(=O)C1(N)CCCC1. The minimum absolute atomic E-state index is 0.00670. The van der Waals surface area contributed by atoms with Crippen LogP contribution < -0.4 is 11.1 Å². The fraction of sp³-hybridized carbons (Fsp3) is 0.667. The van der Waals surface area contributed by atoms with Crippen LogP contribution in [0.25, 0.3) is 0 Å². The Bertz CT molecular complexity index is 393. The van der Waals surface area contributed by atoms with Gasteiger partial charge in [0.25, 0.3) is 0 Å². The van der Waals surface area contributed by atoms with Crippen LogP contribution in [0.4, 0.5) is 0 Å². The van der Waals surface area contributed by atoms with Gasteiger partial charge in [0, 0.05) is 25.5 Å². The van der Waals surface area contributed by atoms with Crippen LogP contribution in [0.1, 0.15) is 31.5 Å². The highest BCUT2D eigenvalue weighted by molar-refractivity contribution is 5.86. The summed E-state index contributed by atoms with van der Waals surface area (Å²) in [6.45, 7) is 3.30. The summed E-state index contributed by atoms with van der Waals surface area (Å²) < 4.78 is 2.01. The molecule has 1 aromatic rings. The fourth-order valence-corrected chi connectivity index (χ4v) is 2.34. The van der Waals surface area contributed by atoms with Crippen molar-refractivity contribution in [1.82, 2.24) is 14.9 Å². The van der Waals surface area contributed by atoms with Crippen molar-refractivity contribution in [2.45, 2.75) is 44.7 Å². The van der Waals surface area contributed by atoms with Crippen LogP contribution >= 0.6 is 0 Å². The molecule has 5 heteroatoms. The average molecular weight is 236 g/mol. The molecule has 0 aromatic carbocycles. The molecule has 1 aliphatic rings. The Kier molecular flexibility index (Phi) is 3.47. The van der Waals surface area contributed by atoms with Gasteiger partial charge in [-0.25, -0.2) is 4.98 Å². The molecule has 1 amide bonds. The van der Waals surface area contributed by atoms with E-state index >= 15 is 0 Å². The summed E-state index contributed by atoms with van der Waals surface area (Å²) >= 11 is 0. The van der Waals surface area contributed by atoms with Crippen LogP contribution in [-0.2, 0) is 11.3 Å². The van der Waals surface area contributed by atoms with Crippen molar-refractivity contribution in [2.75, 3.05) is 6.54 Å². The van der Waals surface area contributed by atoms with E-state index in [1.165, 1.54) is 0 Å². The molecule has 0 spiro atoms. The Labute approximate surface area is 101 Å². The van der Waals surface area contributed by atoms with E-state index in [0.29, 0.717) is 6.54 Å². The third-order valence-electron chi connectivity index (χ3n) is 3.51. The fourth-order valence-electron chi connectivity index (χ4n) is 2.34. The standard InChI is InChI=1S/C12H20N4O/c1-10-14-6-8-16(10)9-7-15-11(17)12(13)4-2-3-5-12/h6,8H,2-5,7,9,13H2,1H3,(H,15,17). The molecule has 2 rings (SSSR count). The van der Waals surface area contributed by atoms with E-state index in [-0.39, 0.29) is 5.91 Å². The highest BCUT2D eigenvalue weighted by Gasteiger charge is 2.36. The maximum absolute atomic E-state index is 11.9. The Morgan fingerprint density at radius 3 is 2.88 bits per heavy atom. The zero-order valence-electron chi connectivity index (χ0n) is 10.3. The number of nitrogens with zero attached hydrogens (tertiary/aromatic N) is 2. The molecule has 3 N–H and O–H groups in total.